The maximum Gasteiger partial charge on any atom is 0.0845 e. The minimum atomic E-state index is 0.603. The molecule has 0 N–H and O–H groups in total. The topological polar surface area (TPSA) is 21.8 Å². The Bertz CT molecular complexity index is 205. The summed E-state index contributed by atoms with van der Waals surface area (Å²) in [6, 6.07) is 0. The van der Waals surface area contributed by atoms with Crippen molar-refractivity contribution in [3.63, 3.8) is 0 Å². The highest BCUT2D eigenvalue weighted by Gasteiger charge is 2.43. The molecule has 2 rings (SSSR count). The highest BCUT2D eigenvalue weighted by atomic mass is 16.6. The number of epoxide rings is 1. The number of fused-ring (bicyclic) bond motifs is 1. The first-order valence-electron chi connectivity index (χ1n) is 7.63. The average Bonchev–Trinajstić information content (AvgIpc) is 3.11. The van der Waals surface area contributed by atoms with E-state index in [2.05, 4.69) is 6.92 Å². The van der Waals surface area contributed by atoms with Crippen molar-refractivity contribution < 1.29 is 9.47 Å². The number of unbranched alkanes of at least 4 members (excludes halogenated alkanes) is 5. The Morgan fingerprint density at radius 2 is 1.82 bits per heavy atom. The fourth-order valence-corrected chi connectivity index (χ4v) is 2.87. The number of ether oxygens (including phenoxy) is 2. The lowest BCUT2D eigenvalue weighted by atomic mass is 9.90. The van der Waals surface area contributed by atoms with Crippen LogP contribution in [0.5, 0.6) is 0 Å². The molecule has 2 nitrogen and oxygen atoms in total. The second kappa shape index (κ2) is 7.38. The van der Waals surface area contributed by atoms with Crippen molar-refractivity contribution >= 4 is 0 Å². The minimum absolute atomic E-state index is 0.603. The van der Waals surface area contributed by atoms with Gasteiger partial charge < -0.3 is 9.47 Å². The van der Waals surface area contributed by atoms with Crippen LogP contribution in [0.4, 0.5) is 0 Å². The van der Waals surface area contributed by atoms with Crippen molar-refractivity contribution in [1.29, 1.82) is 0 Å². The quantitative estimate of drug-likeness (QED) is 0.450. The highest BCUT2D eigenvalue weighted by Crippen LogP contribution is 2.39. The fourth-order valence-electron chi connectivity index (χ4n) is 2.87. The maximum absolute atomic E-state index is 5.79. The summed E-state index contributed by atoms with van der Waals surface area (Å²) in [7, 11) is 0. The van der Waals surface area contributed by atoms with E-state index in [1.807, 2.05) is 0 Å². The van der Waals surface area contributed by atoms with Gasteiger partial charge in [-0.05, 0) is 31.6 Å². The third-order valence-corrected chi connectivity index (χ3v) is 4.11. The van der Waals surface area contributed by atoms with Gasteiger partial charge in [0, 0.05) is 13.2 Å². The molecule has 1 aliphatic heterocycles. The van der Waals surface area contributed by atoms with Crippen LogP contribution in [0.3, 0.4) is 0 Å². The lowest BCUT2D eigenvalue weighted by molar-refractivity contribution is 0.0851. The summed E-state index contributed by atoms with van der Waals surface area (Å²) in [6.07, 6.45) is 13.2. The summed E-state index contributed by atoms with van der Waals surface area (Å²) >= 11 is 0. The van der Waals surface area contributed by atoms with Crippen LogP contribution in [0.1, 0.15) is 64.7 Å². The minimum Gasteiger partial charge on any atom is -0.381 e. The molecule has 2 fully saturated rings. The fraction of sp³-hybridized carbons (Fsp3) is 1.00. The molecule has 0 aromatic heterocycles. The molecule has 1 heterocycles. The Hall–Kier alpha value is -0.0800. The van der Waals surface area contributed by atoms with Gasteiger partial charge in [0.1, 0.15) is 0 Å². The Morgan fingerprint density at radius 1 is 1.00 bits per heavy atom. The van der Waals surface area contributed by atoms with Crippen LogP contribution in [0.25, 0.3) is 0 Å². The summed E-state index contributed by atoms with van der Waals surface area (Å²) in [4.78, 5) is 0. The van der Waals surface area contributed by atoms with Crippen molar-refractivity contribution in [3.8, 4) is 0 Å². The Morgan fingerprint density at radius 3 is 2.65 bits per heavy atom. The Kier molecular flexibility index (Phi) is 5.79. The molecule has 1 aliphatic carbocycles. The molecule has 2 heteroatoms. The van der Waals surface area contributed by atoms with E-state index in [0.717, 1.165) is 19.1 Å². The first-order valence-corrected chi connectivity index (χ1v) is 7.63. The molecule has 3 atom stereocenters. The monoisotopic (exact) mass is 240 g/mol. The third-order valence-electron chi connectivity index (χ3n) is 4.11. The molecule has 3 unspecified atom stereocenters. The average molecular weight is 240 g/mol. The van der Waals surface area contributed by atoms with E-state index >= 15 is 0 Å². The van der Waals surface area contributed by atoms with E-state index in [1.54, 1.807) is 0 Å². The van der Waals surface area contributed by atoms with E-state index in [-0.39, 0.29) is 0 Å². The molecule has 0 aromatic rings. The molecular weight excluding hydrogens is 212 g/mol. The molecular formula is C15H28O2. The van der Waals surface area contributed by atoms with E-state index in [4.69, 9.17) is 9.47 Å². The van der Waals surface area contributed by atoms with Gasteiger partial charge in [0.2, 0.25) is 0 Å². The van der Waals surface area contributed by atoms with Crippen molar-refractivity contribution in [2.75, 3.05) is 13.2 Å². The molecule has 17 heavy (non-hydrogen) atoms. The third kappa shape index (κ3) is 4.97. The molecule has 2 aliphatic rings. The van der Waals surface area contributed by atoms with Gasteiger partial charge in [0.25, 0.3) is 0 Å². The molecule has 1 saturated heterocycles. The smallest absolute Gasteiger partial charge is 0.0845 e. The normalized spacial score (nSPS) is 31.2. The number of hydrogen-bond acceptors (Lipinski definition) is 2. The number of rotatable bonds is 9. The number of hydrogen-bond donors (Lipinski definition) is 0. The zero-order valence-corrected chi connectivity index (χ0v) is 11.3. The first-order chi connectivity index (χ1) is 8.40. The van der Waals surface area contributed by atoms with Gasteiger partial charge in [-0.2, -0.15) is 0 Å². The Labute approximate surface area is 106 Å². The summed E-state index contributed by atoms with van der Waals surface area (Å²) in [5.74, 6) is 0.777. The Balaban J connectivity index is 1.36. The summed E-state index contributed by atoms with van der Waals surface area (Å²) < 4.78 is 11.3. The maximum atomic E-state index is 5.79. The van der Waals surface area contributed by atoms with Gasteiger partial charge in [-0.3, -0.25) is 0 Å². The van der Waals surface area contributed by atoms with Crippen molar-refractivity contribution in [1.82, 2.24) is 0 Å². The largest absolute Gasteiger partial charge is 0.381 e. The standard InChI is InChI=1S/C15H28O2/c1-2-3-4-5-6-7-10-16-12-13-8-9-14-15(11-13)17-14/h13-15H,2-12H2,1H3. The van der Waals surface area contributed by atoms with Gasteiger partial charge in [0.05, 0.1) is 12.2 Å². The van der Waals surface area contributed by atoms with Crippen LogP contribution in [0.15, 0.2) is 0 Å². The summed E-state index contributed by atoms with van der Waals surface area (Å²) in [5, 5.41) is 0. The van der Waals surface area contributed by atoms with Gasteiger partial charge in [-0.25, -0.2) is 0 Å². The molecule has 0 radical (unpaired) electrons. The first kappa shape index (κ1) is 13.4. The van der Waals surface area contributed by atoms with Crippen LogP contribution in [-0.2, 0) is 9.47 Å². The predicted octanol–water partition coefficient (Wildman–Crippen LogP) is 3.93. The second-order valence-electron chi connectivity index (χ2n) is 5.73. The van der Waals surface area contributed by atoms with Crippen LogP contribution < -0.4 is 0 Å². The lowest BCUT2D eigenvalue weighted by Gasteiger charge is -2.18. The van der Waals surface area contributed by atoms with E-state index in [0.29, 0.717) is 12.2 Å². The van der Waals surface area contributed by atoms with E-state index in [9.17, 15) is 0 Å². The molecule has 0 spiro atoms. The predicted molar refractivity (Wildman–Crippen MR) is 70.2 cm³/mol. The zero-order chi connectivity index (χ0) is 11.9. The lowest BCUT2D eigenvalue weighted by Crippen LogP contribution is -2.18. The SMILES string of the molecule is CCCCCCCCOCC1CCC2OC2C1. The van der Waals surface area contributed by atoms with Crippen LogP contribution in [0.2, 0.25) is 0 Å². The molecule has 0 amide bonds. The zero-order valence-electron chi connectivity index (χ0n) is 11.3. The van der Waals surface area contributed by atoms with Crippen LogP contribution >= 0.6 is 0 Å². The van der Waals surface area contributed by atoms with Gasteiger partial charge >= 0.3 is 0 Å². The summed E-state index contributed by atoms with van der Waals surface area (Å²) in [5.41, 5.74) is 0. The molecule has 0 bridgehead atoms. The second-order valence-corrected chi connectivity index (χ2v) is 5.73. The van der Waals surface area contributed by atoms with Crippen molar-refractivity contribution in [2.24, 2.45) is 5.92 Å². The van der Waals surface area contributed by atoms with E-state index in [1.165, 1.54) is 57.8 Å². The van der Waals surface area contributed by atoms with Gasteiger partial charge in [-0.1, -0.05) is 39.0 Å². The molecule has 1 saturated carbocycles. The molecule has 0 aromatic carbocycles. The summed E-state index contributed by atoms with van der Waals surface area (Å²) in [6.45, 7) is 4.21. The van der Waals surface area contributed by atoms with Gasteiger partial charge in [0.15, 0.2) is 0 Å². The van der Waals surface area contributed by atoms with Crippen molar-refractivity contribution in [3.05, 3.63) is 0 Å². The van der Waals surface area contributed by atoms with E-state index < -0.39 is 0 Å². The highest BCUT2D eigenvalue weighted by molar-refractivity contribution is 4.91. The van der Waals surface area contributed by atoms with Gasteiger partial charge in [-0.15, -0.1) is 0 Å². The van der Waals surface area contributed by atoms with Crippen LogP contribution in [0, 0.1) is 5.92 Å². The molecule has 100 valence electrons. The van der Waals surface area contributed by atoms with Crippen molar-refractivity contribution in [2.45, 2.75) is 76.9 Å². The van der Waals surface area contributed by atoms with Crippen LogP contribution in [-0.4, -0.2) is 25.4 Å².